The van der Waals surface area contributed by atoms with E-state index in [0.717, 1.165) is 10.6 Å². The van der Waals surface area contributed by atoms with Gasteiger partial charge in [-0.3, -0.25) is 0 Å². The van der Waals surface area contributed by atoms with Crippen LogP contribution in [0.3, 0.4) is 0 Å². The van der Waals surface area contributed by atoms with Crippen LogP contribution in [0.4, 0.5) is 0 Å². The lowest BCUT2D eigenvalue weighted by Crippen LogP contribution is -2.03. The molecule has 90 valence electrons. The van der Waals surface area contributed by atoms with E-state index in [0.29, 0.717) is 5.65 Å². The van der Waals surface area contributed by atoms with Crippen molar-refractivity contribution in [1.82, 2.24) is 14.6 Å². The van der Waals surface area contributed by atoms with E-state index in [9.17, 15) is 4.79 Å². The molecule has 0 amide bonds. The van der Waals surface area contributed by atoms with Crippen LogP contribution in [0.25, 0.3) is 16.2 Å². The molecule has 0 radical (unpaired) electrons. The number of aromatic nitrogens is 3. The molecule has 0 spiro atoms. The maximum atomic E-state index is 10.9. The molecular formula is C11H6ClN3O2S. The molecule has 0 aliphatic rings. The molecule has 1 N–H and O–H groups in total. The number of nitrogens with zero attached hydrogens (tertiary/aromatic N) is 3. The fraction of sp³-hybridized carbons (Fsp3) is 0. The topological polar surface area (TPSA) is 67.5 Å². The number of hydrogen-bond acceptors (Lipinski definition) is 4. The lowest BCUT2D eigenvalue weighted by Gasteiger charge is -1.98. The van der Waals surface area contributed by atoms with Crippen molar-refractivity contribution in [2.75, 3.05) is 0 Å². The Morgan fingerprint density at radius 3 is 2.94 bits per heavy atom. The van der Waals surface area contributed by atoms with Gasteiger partial charge in [0.2, 0.25) is 0 Å². The zero-order chi connectivity index (χ0) is 12.7. The third-order valence-electron chi connectivity index (χ3n) is 2.38. The second-order valence-corrected chi connectivity index (χ2v) is 4.88. The molecule has 3 aromatic heterocycles. The van der Waals surface area contributed by atoms with E-state index in [1.165, 1.54) is 10.6 Å². The van der Waals surface area contributed by atoms with Gasteiger partial charge in [0.25, 0.3) is 0 Å². The molecule has 0 unspecified atom stereocenters. The molecule has 5 nitrogen and oxygen atoms in total. The molecule has 0 saturated carbocycles. The molecule has 7 heteroatoms. The van der Waals surface area contributed by atoms with Gasteiger partial charge in [0, 0.05) is 12.1 Å². The Kier molecular flexibility index (Phi) is 2.53. The molecule has 0 fully saturated rings. The first-order chi connectivity index (χ1) is 8.65. The average molecular weight is 280 g/mol. The van der Waals surface area contributed by atoms with Gasteiger partial charge in [0.15, 0.2) is 11.3 Å². The van der Waals surface area contributed by atoms with E-state index in [1.807, 2.05) is 17.5 Å². The summed E-state index contributed by atoms with van der Waals surface area (Å²) in [6, 6.07) is 6.84. The Morgan fingerprint density at radius 1 is 1.44 bits per heavy atom. The van der Waals surface area contributed by atoms with Gasteiger partial charge in [-0.2, -0.15) is 5.10 Å². The maximum absolute atomic E-state index is 10.9. The van der Waals surface area contributed by atoms with Crippen LogP contribution in [0.15, 0.2) is 29.6 Å². The van der Waals surface area contributed by atoms with Crippen molar-refractivity contribution in [2.24, 2.45) is 0 Å². The van der Waals surface area contributed by atoms with Crippen molar-refractivity contribution in [3.05, 3.63) is 40.5 Å². The molecule has 0 saturated heterocycles. The number of rotatable bonds is 2. The highest BCUT2D eigenvalue weighted by molar-refractivity contribution is 7.13. The van der Waals surface area contributed by atoms with Gasteiger partial charge >= 0.3 is 5.97 Å². The summed E-state index contributed by atoms with van der Waals surface area (Å²) in [5.74, 6) is -1.11. The Labute approximate surface area is 110 Å². The van der Waals surface area contributed by atoms with Crippen molar-refractivity contribution >= 4 is 34.6 Å². The summed E-state index contributed by atoms with van der Waals surface area (Å²) < 4.78 is 1.42. The summed E-state index contributed by atoms with van der Waals surface area (Å²) in [5.41, 5.74) is 1.05. The van der Waals surface area contributed by atoms with Crippen molar-refractivity contribution in [1.29, 1.82) is 0 Å². The van der Waals surface area contributed by atoms with Crippen LogP contribution in [-0.2, 0) is 0 Å². The SMILES string of the molecule is O=C(O)c1cc(Cl)n2nc(-c3cccs3)cc2n1. The van der Waals surface area contributed by atoms with Crippen LogP contribution < -0.4 is 0 Å². The number of carboxylic acid groups (broad SMARTS) is 1. The zero-order valence-corrected chi connectivity index (χ0v) is 10.4. The molecule has 3 rings (SSSR count). The molecule has 3 aromatic rings. The van der Waals surface area contributed by atoms with Crippen molar-refractivity contribution in [3.8, 4) is 10.6 Å². The van der Waals surface area contributed by atoms with Gasteiger partial charge < -0.3 is 5.11 Å². The third-order valence-corrected chi connectivity index (χ3v) is 3.54. The van der Waals surface area contributed by atoms with Crippen molar-refractivity contribution in [3.63, 3.8) is 0 Å². The number of thiophene rings is 1. The van der Waals surface area contributed by atoms with E-state index < -0.39 is 5.97 Å². The first-order valence-electron chi connectivity index (χ1n) is 4.98. The number of carboxylic acids is 1. The highest BCUT2D eigenvalue weighted by Gasteiger charge is 2.13. The minimum absolute atomic E-state index is 0.0925. The van der Waals surface area contributed by atoms with Gasteiger partial charge in [-0.25, -0.2) is 14.3 Å². The molecule has 0 aliphatic heterocycles. The summed E-state index contributed by atoms with van der Waals surface area (Å²) in [7, 11) is 0. The molecule has 0 aromatic carbocycles. The summed E-state index contributed by atoms with van der Waals surface area (Å²) in [6.45, 7) is 0. The lowest BCUT2D eigenvalue weighted by atomic mass is 10.3. The lowest BCUT2D eigenvalue weighted by molar-refractivity contribution is 0.0690. The van der Waals surface area contributed by atoms with Crippen molar-refractivity contribution < 1.29 is 9.90 Å². The Morgan fingerprint density at radius 2 is 2.28 bits per heavy atom. The average Bonchev–Trinajstić information content (AvgIpc) is 2.96. The van der Waals surface area contributed by atoms with Gasteiger partial charge in [0.1, 0.15) is 10.8 Å². The second-order valence-electron chi connectivity index (χ2n) is 3.55. The zero-order valence-electron chi connectivity index (χ0n) is 8.87. The fourth-order valence-electron chi connectivity index (χ4n) is 1.59. The van der Waals surface area contributed by atoms with Crippen LogP contribution in [0.2, 0.25) is 5.15 Å². The van der Waals surface area contributed by atoms with Gasteiger partial charge in [0.05, 0.1) is 4.88 Å². The van der Waals surface area contributed by atoms with Crippen LogP contribution in [0.1, 0.15) is 10.5 Å². The minimum atomic E-state index is -1.11. The van der Waals surface area contributed by atoms with E-state index in [-0.39, 0.29) is 10.8 Å². The highest BCUT2D eigenvalue weighted by Crippen LogP contribution is 2.25. The summed E-state index contributed by atoms with van der Waals surface area (Å²) in [5, 5.41) is 15.4. The summed E-state index contributed by atoms with van der Waals surface area (Å²) in [4.78, 5) is 15.9. The molecule has 3 heterocycles. The Bertz CT molecular complexity index is 736. The number of fused-ring (bicyclic) bond motifs is 1. The standard InChI is InChI=1S/C11H6ClN3O2S/c12-9-4-7(11(16)17)13-10-5-6(14-15(9)10)8-2-1-3-18-8/h1-5H,(H,16,17). The van der Waals surface area contributed by atoms with Gasteiger partial charge in [-0.1, -0.05) is 17.7 Å². The van der Waals surface area contributed by atoms with E-state index >= 15 is 0 Å². The van der Waals surface area contributed by atoms with E-state index in [2.05, 4.69) is 10.1 Å². The number of aromatic carboxylic acids is 1. The monoisotopic (exact) mass is 279 g/mol. The summed E-state index contributed by atoms with van der Waals surface area (Å²) in [6.07, 6.45) is 0. The Balaban J connectivity index is 2.23. The quantitative estimate of drug-likeness (QED) is 0.733. The van der Waals surface area contributed by atoms with Crippen molar-refractivity contribution in [2.45, 2.75) is 0 Å². The van der Waals surface area contributed by atoms with Crippen LogP contribution >= 0.6 is 22.9 Å². The molecule has 0 aliphatic carbocycles. The van der Waals surface area contributed by atoms with Gasteiger partial charge in [-0.05, 0) is 11.4 Å². The van der Waals surface area contributed by atoms with E-state index in [4.69, 9.17) is 16.7 Å². The van der Waals surface area contributed by atoms with Crippen LogP contribution in [0, 0.1) is 0 Å². The number of carbonyl (C=O) groups is 1. The smallest absolute Gasteiger partial charge is 0.354 e. The largest absolute Gasteiger partial charge is 0.477 e. The maximum Gasteiger partial charge on any atom is 0.354 e. The Hall–Kier alpha value is -1.92. The first-order valence-corrected chi connectivity index (χ1v) is 6.24. The fourth-order valence-corrected chi connectivity index (χ4v) is 2.50. The molecule has 0 bridgehead atoms. The van der Waals surface area contributed by atoms with Crippen LogP contribution in [0.5, 0.6) is 0 Å². The second kappa shape index (κ2) is 4.08. The first kappa shape index (κ1) is 11.2. The van der Waals surface area contributed by atoms with Gasteiger partial charge in [-0.15, -0.1) is 11.3 Å². The normalized spacial score (nSPS) is 10.9. The predicted octanol–water partition coefficient (Wildman–Crippen LogP) is 2.81. The number of halogens is 1. The summed E-state index contributed by atoms with van der Waals surface area (Å²) >= 11 is 7.53. The molecule has 18 heavy (non-hydrogen) atoms. The minimum Gasteiger partial charge on any atom is -0.477 e. The molecular weight excluding hydrogens is 274 g/mol. The van der Waals surface area contributed by atoms with Crippen LogP contribution in [-0.4, -0.2) is 25.7 Å². The number of hydrogen-bond donors (Lipinski definition) is 1. The van der Waals surface area contributed by atoms with E-state index in [1.54, 1.807) is 17.4 Å². The molecule has 0 atom stereocenters. The third kappa shape index (κ3) is 1.75. The highest BCUT2D eigenvalue weighted by atomic mass is 35.5. The predicted molar refractivity (Wildman–Crippen MR) is 68.3 cm³/mol.